The van der Waals surface area contributed by atoms with Crippen LogP contribution in [0.3, 0.4) is 0 Å². The van der Waals surface area contributed by atoms with Crippen LogP contribution in [0.4, 0.5) is 5.82 Å². The van der Waals surface area contributed by atoms with Crippen molar-refractivity contribution in [3.63, 3.8) is 0 Å². The van der Waals surface area contributed by atoms with Crippen molar-refractivity contribution in [2.75, 3.05) is 13.1 Å². The smallest absolute Gasteiger partial charge is 0.389 e. The van der Waals surface area contributed by atoms with E-state index >= 15 is 0 Å². The van der Waals surface area contributed by atoms with E-state index in [9.17, 15) is 15.2 Å². The summed E-state index contributed by atoms with van der Waals surface area (Å²) in [6.07, 6.45) is 0.954. The Bertz CT molecular complexity index is 394. The van der Waals surface area contributed by atoms with Crippen LogP contribution in [0.25, 0.3) is 0 Å². The van der Waals surface area contributed by atoms with Crippen LogP contribution in [0.2, 0.25) is 0 Å². The predicted molar refractivity (Wildman–Crippen MR) is 54.5 cm³/mol. The highest BCUT2D eigenvalue weighted by Crippen LogP contribution is 2.25. The molecule has 0 saturated carbocycles. The molecule has 15 heavy (non-hydrogen) atoms. The van der Waals surface area contributed by atoms with Crippen LogP contribution in [0, 0.1) is 10.1 Å². The quantitative estimate of drug-likeness (QED) is 0.589. The Labute approximate surface area is 93.4 Å². The lowest BCUT2D eigenvalue weighted by Gasteiger charge is -2.09. The first kappa shape index (κ1) is 10.5. The molecule has 1 saturated heterocycles. The molecule has 1 aromatic rings. The predicted octanol–water partition coefficient (Wildman–Crippen LogP) is 0.0590. The molecule has 0 spiro atoms. The number of aromatic nitrogens is 2. The molecule has 1 aliphatic rings. The molecule has 7 nitrogen and oxygen atoms in total. The average Bonchev–Trinajstić information content (AvgIpc) is 2.71. The van der Waals surface area contributed by atoms with Gasteiger partial charge in [0.05, 0.1) is 17.4 Å². The summed E-state index contributed by atoms with van der Waals surface area (Å²) in [5, 5.41) is 26.9. The molecular formula is C7H9BrN4O3. The van der Waals surface area contributed by atoms with Crippen molar-refractivity contribution in [1.29, 1.82) is 0 Å². The summed E-state index contributed by atoms with van der Waals surface area (Å²) < 4.78 is 1.75. The second-order valence-corrected chi connectivity index (χ2v) is 4.19. The highest BCUT2D eigenvalue weighted by Gasteiger charge is 2.31. The van der Waals surface area contributed by atoms with E-state index in [1.165, 1.54) is 10.9 Å². The monoisotopic (exact) mass is 276 g/mol. The minimum atomic E-state index is -0.560. The van der Waals surface area contributed by atoms with E-state index in [2.05, 4.69) is 26.3 Å². The van der Waals surface area contributed by atoms with Crippen molar-refractivity contribution in [3.05, 3.63) is 20.8 Å². The number of nitrogens with one attached hydrogen (secondary N) is 1. The lowest BCUT2D eigenvalue weighted by molar-refractivity contribution is -0.390. The minimum Gasteiger partial charge on any atom is -0.389 e. The molecule has 0 aromatic carbocycles. The second kappa shape index (κ2) is 3.87. The maximum Gasteiger partial charge on any atom is 0.404 e. The van der Waals surface area contributed by atoms with Gasteiger partial charge in [0.25, 0.3) is 0 Å². The molecule has 0 radical (unpaired) electrons. The second-order valence-electron chi connectivity index (χ2n) is 3.33. The van der Waals surface area contributed by atoms with Gasteiger partial charge in [0, 0.05) is 13.1 Å². The van der Waals surface area contributed by atoms with Gasteiger partial charge in [-0.05, 0) is 20.9 Å². The fourth-order valence-electron chi connectivity index (χ4n) is 1.57. The molecule has 2 atom stereocenters. The van der Waals surface area contributed by atoms with E-state index in [0.29, 0.717) is 17.6 Å². The van der Waals surface area contributed by atoms with Crippen molar-refractivity contribution < 1.29 is 10.0 Å². The number of halogens is 1. The zero-order chi connectivity index (χ0) is 11.0. The Morgan fingerprint density at radius 1 is 1.73 bits per heavy atom. The molecule has 2 heterocycles. The van der Waals surface area contributed by atoms with E-state index in [1.807, 2.05) is 0 Å². The number of aliphatic hydroxyl groups excluding tert-OH is 1. The Morgan fingerprint density at radius 3 is 2.93 bits per heavy atom. The lowest BCUT2D eigenvalue weighted by Crippen LogP contribution is -2.22. The minimum absolute atomic E-state index is 0.228. The Balaban J connectivity index is 2.29. The van der Waals surface area contributed by atoms with Gasteiger partial charge in [-0.15, -0.1) is 0 Å². The standard InChI is InChI=1S/C7H9BrN4O3/c8-4-3-11(10-7(4)12(14)15)5-1-9-2-6(5)13/h3,5-6,9,13H,1-2H2. The molecular weight excluding hydrogens is 268 g/mol. The Kier molecular flexibility index (Phi) is 2.72. The van der Waals surface area contributed by atoms with Crippen molar-refractivity contribution in [2.24, 2.45) is 0 Å². The number of hydrogen-bond acceptors (Lipinski definition) is 5. The molecule has 82 valence electrons. The molecule has 2 unspecified atom stereocenters. The van der Waals surface area contributed by atoms with Crippen LogP contribution < -0.4 is 5.32 Å². The number of aliphatic hydroxyl groups is 1. The van der Waals surface area contributed by atoms with Gasteiger partial charge in [-0.25, -0.2) is 0 Å². The third-order valence-corrected chi connectivity index (χ3v) is 2.89. The summed E-state index contributed by atoms with van der Waals surface area (Å²) in [6, 6.07) is -0.241. The molecule has 8 heteroatoms. The van der Waals surface area contributed by atoms with E-state index in [-0.39, 0.29) is 11.9 Å². The summed E-state index contributed by atoms with van der Waals surface area (Å²) in [6.45, 7) is 1.04. The summed E-state index contributed by atoms with van der Waals surface area (Å²) in [5.74, 6) is -0.228. The molecule has 2 rings (SSSR count). The van der Waals surface area contributed by atoms with Gasteiger partial charge in [-0.3, -0.25) is 0 Å². The first-order valence-corrected chi connectivity index (χ1v) is 5.16. The van der Waals surface area contributed by atoms with Crippen molar-refractivity contribution in [2.45, 2.75) is 12.1 Å². The summed E-state index contributed by atoms with van der Waals surface area (Å²) in [4.78, 5) is 9.99. The van der Waals surface area contributed by atoms with Gasteiger partial charge >= 0.3 is 5.82 Å². The van der Waals surface area contributed by atoms with Gasteiger partial charge < -0.3 is 20.5 Å². The number of hydrogen-bond donors (Lipinski definition) is 2. The zero-order valence-corrected chi connectivity index (χ0v) is 9.22. The zero-order valence-electron chi connectivity index (χ0n) is 7.63. The van der Waals surface area contributed by atoms with Crippen LogP contribution in [0.15, 0.2) is 10.7 Å². The van der Waals surface area contributed by atoms with Gasteiger partial charge in [-0.1, -0.05) is 0 Å². The topological polar surface area (TPSA) is 93.2 Å². The van der Waals surface area contributed by atoms with E-state index in [4.69, 9.17) is 0 Å². The first-order chi connectivity index (χ1) is 7.09. The van der Waals surface area contributed by atoms with Gasteiger partial charge in [-0.2, -0.15) is 4.68 Å². The lowest BCUT2D eigenvalue weighted by atomic mass is 10.2. The van der Waals surface area contributed by atoms with Crippen LogP contribution in [0.5, 0.6) is 0 Å². The molecule has 0 bridgehead atoms. The number of β-amino-alcohol motifs (C(OH)–C–C–N with tert-alkyl or cyclic N) is 1. The van der Waals surface area contributed by atoms with E-state index in [1.54, 1.807) is 0 Å². The van der Waals surface area contributed by atoms with E-state index < -0.39 is 11.0 Å². The number of rotatable bonds is 2. The van der Waals surface area contributed by atoms with Gasteiger partial charge in [0.2, 0.25) is 0 Å². The normalized spacial score (nSPS) is 25.7. The number of nitrogens with zero attached hydrogens (tertiary/aromatic N) is 3. The van der Waals surface area contributed by atoms with Gasteiger partial charge in [0.1, 0.15) is 10.5 Å². The van der Waals surface area contributed by atoms with Crippen LogP contribution >= 0.6 is 15.9 Å². The van der Waals surface area contributed by atoms with E-state index in [0.717, 1.165) is 0 Å². The Hall–Kier alpha value is -0.990. The van der Waals surface area contributed by atoms with Gasteiger partial charge in [0.15, 0.2) is 0 Å². The number of nitro groups is 1. The third kappa shape index (κ3) is 1.87. The molecule has 1 fully saturated rings. The van der Waals surface area contributed by atoms with Crippen LogP contribution in [-0.4, -0.2) is 39.0 Å². The van der Waals surface area contributed by atoms with Crippen molar-refractivity contribution in [1.82, 2.24) is 15.1 Å². The third-order valence-electron chi connectivity index (χ3n) is 2.33. The summed E-state index contributed by atoms with van der Waals surface area (Å²) in [7, 11) is 0. The maximum absolute atomic E-state index is 10.6. The largest absolute Gasteiger partial charge is 0.404 e. The van der Waals surface area contributed by atoms with Crippen molar-refractivity contribution in [3.8, 4) is 0 Å². The van der Waals surface area contributed by atoms with Crippen LogP contribution in [-0.2, 0) is 0 Å². The molecule has 1 aliphatic heterocycles. The molecule has 1 aromatic heterocycles. The highest BCUT2D eigenvalue weighted by molar-refractivity contribution is 9.10. The molecule has 0 amide bonds. The fourth-order valence-corrected chi connectivity index (χ4v) is 2.01. The van der Waals surface area contributed by atoms with Crippen LogP contribution in [0.1, 0.15) is 6.04 Å². The molecule has 0 aliphatic carbocycles. The first-order valence-electron chi connectivity index (χ1n) is 4.37. The average molecular weight is 277 g/mol. The Morgan fingerprint density at radius 2 is 2.47 bits per heavy atom. The SMILES string of the molecule is O=[N+]([O-])c1nn(C2CNCC2O)cc1Br. The maximum atomic E-state index is 10.6. The fraction of sp³-hybridized carbons (Fsp3) is 0.571. The molecule has 2 N–H and O–H groups in total. The highest BCUT2D eigenvalue weighted by atomic mass is 79.9. The van der Waals surface area contributed by atoms with Crippen molar-refractivity contribution >= 4 is 21.7 Å². The summed E-state index contributed by atoms with van der Waals surface area (Å²) >= 11 is 3.06. The summed E-state index contributed by atoms with van der Waals surface area (Å²) in [5.41, 5.74) is 0.